The normalized spacial score (nSPS) is 14.7. The number of benzene rings is 4. The molecule has 0 unspecified atom stereocenters. The van der Waals surface area contributed by atoms with Crippen molar-refractivity contribution >= 4 is 57.3 Å². The molecule has 1 saturated heterocycles. The van der Waals surface area contributed by atoms with Gasteiger partial charge in [-0.25, -0.2) is 4.79 Å². The number of nitrogens with zero attached hydrogens (tertiary/aromatic N) is 1. The number of ether oxygens (including phenoxy) is 1. The summed E-state index contributed by atoms with van der Waals surface area (Å²) in [4.78, 5) is 39.7. The van der Waals surface area contributed by atoms with E-state index in [1.54, 1.807) is 60.7 Å². The molecule has 1 heterocycles. The van der Waals surface area contributed by atoms with Crippen LogP contribution in [-0.2, 0) is 11.3 Å². The third-order valence-corrected chi connectivity index (χ3v) is 6.81. The number of halogens is 1. The number of esters is 1. The Balaban J connectivity index is 1.35. The predicted octanol–water partition coefficient (Wildman–Crippen LogP) is 6.95. The van der Waals surface area contributed by atoms with Crippen molar-refractivity contribution in [2.45, 2.75) is 6.54 Å². The van der Waals surface area contributed by atoms with Gasteiger partial charge in [0, 0.05) is 5.02 Å². The van der Waals surface area contributed by atoms with E-state index in [0.717, 1.165) is 22.5 Å². The summed E-state index contributed by atoms with van der Waals surface area (Å²) in [5.41, 5.74) is 1.80. The zero-order valence-electron chi connectivity index (χ0n) is 18.3. The number of carbonyl (C=O) groups is 3. The monoisotopic (exact) mass is 499 g/mol. The van der Waals surface area contributed by atoms with Gasteiger partial charge in [-0.3, -0.25) is 14.5 Å². The van der Waals surface area contributed by atoms with Crippen LogP contribution in [0.5, 0.6) is 5.75 Å². The van der Waals surface area contributed by atoms with Crippen LogP contribution in [0.15, 0.2) is 95.9 Å². The molecule has 0 radical (unpaired) electrons. The Morgan fingerprint density at radius 1 is 0.914 bits per heavy atom. The maximum atomic E-state index is 12.9. The van der Waals surface area contributed by atoms with E-state index < -0.39 is 11.9 Å². The number of carbonyl (C=O) groups excluding carboxylic acids is 3. The van der Waals surface area contributed by atoms with E-state index in [1.807, 2.05) is 36.4 Å². The van der Waals surface area contributed by atoms with E-state index in [2.05, 4.69) is 0 Å². The second-order valence-corrected chi connectivity index (χ2v) is 9.25. The van der Waals surface area contributed by atoms with Gasteiger partial charge in [0.25, 0.3) is 11.1 Å². The largest absolute Gasteiger partial charge is 0.423 e. The Labute approximate surface area is 211 Å². The van der Waals surface area contributed by atoms with E-state index in [9.17, 15) is 14.4 Å². The van der Waals surface area contributed by atoms with Crippen molar-refractivity contribution in [2.24, 2.45) is 0 Å². The molecular formula is C28H18ClNO4S. The van der Waals surface area contributed by atoms with E-state index in [-0.39, 0.29) is 11.8 Å². The summed E-state index contributed by atoms with van der Waals surface area (Å²) in [6.07, 6.45) is 1.62. The Kier molecular flexibility index (Phi) is 6.40. The fraction of sp³-hybridized carbons (Fsp3) is 0.0357. The van der Waals surface area contributed by atoms with Crippen LogP contribution in [0.1, 0.15) is 21.5 Å². The van der Waals surface area contributed by atoms with Crippen molar-refractivity contribution in [2.75, 3.05) is 0 Å². The third kappa shape index (κ3) is 4.85. The van der Waals surface area contributed by atoms with Crippen LogP contribution >= 0.6 is 23.4 Å². The molecule has 1 fully saturated rings. The smallest absolute Gasteiger partial charge is 0.344 e. The molecule has 0 spiro atoms. The highest BCUT2D eigenvalue weighted by molar-refractivity contribution is 8.18. The molecule has 4 aromatic rings. The molecule has 172 valence electrons. The van der Waals surface area contributed by atoms with Crippen molar-refractivity contribution in [3.05, 3.63) is 118 Å². The first-order valence-corrected chi connectivity index (χ1v) is 12.0. The van der Waals surface area contributed by atoms with Gasteiger partial charge in [-0.1, -0.05) is 78.3 Å². The van der Waals surface area contributed by atoms with Gasteiger partial charge in [0.15, 0.2) is 0 Å². The summed E-state index contributed by atoms with van der Waals surface area (Å²) < 4.78 is 5.62. The molecule has 4 aromatic carbocycles. The first-order chi connectivity index (χ1) is 17.0. The van der Waals surface area contributed by atoms with Gasteiger partial charge in [-0.2, -0.15) is 0 Å². The van der Waals surface area contributed by atoms with Crippen LogP contribution in [0.2, 0.25) is 5.02 Å². The number of fused-ring (bicyclic) bond motifs is 1. The molecule has 0 saturated carbocycles. The lowest BCUT2D eigenvalue weighted by Gasteiger charge is -2.13. The van der Waals surface area contributed by atoms with Gasteiger partial charge in [0.1, 0.15) is 5.75 Å². The first-order valence-electron chi connectivity index (χ1n) is 10.8. The molecule has 5 nitrogen and oxygen atoms in total. The van der Waals surface area contributed by atoms with Crippen molar-refractivity contribution in [1.29, 1.82) is 0 Å². The number of rotatable bonds is 5. The van der Waals surface area contributed by atoms with E-state index in [4.69, 9.17) is 16.3 Å². The van der Waals surface area contributed by atoms with E-state index >= 15 is 0 Å². The van der Waals surface area contributed by atoms with E-state index in [0.29, 0.717) is 32.4 Å². The molecule has 5 rings (SSSR count). The summed E-state index contributed by atoms with van der Waals surface area (Å²) in [6, 6.07) is 27.0. The molecule has 0 aromatic heterocycles. The number of amides is 2. The highest BCUT2D eigenvalue weighted by atomic mass is 35.5. The average molecular weight is 500 g/mol. The fourth-order valence-electron chi connectivity index (χ4n) is 3.82. The predicted molar refractivity (Wildman–Crippen MR) is 138 cm³/mol. The van der Waals surface area contributed by atoms with Crippen molar-refractivity contribution < 1.29 is 19.1 Å². The SMILES string of the molecule is O=C(Oc1cccc(/C=C2\SC(=O)N(Cc3ccccc3Cl)C2=O)c1)c1cccc2ccccc12. The summed E-state index contributed by atoms with van der Waals surface area (Å²) in [6.45, 7) is 0.102. The maximum absolute atomic E-state index is 12.9. The lowest BCUT2D eigenvalue weighted by molar-refractivity contribution is -0.123. The van der Waals surface area contributed by atoms with Crippen LogP contribution in [0.25, 0.3) is 16.8 Å². The number of hydrogen-bond donors (Lipinski definition) is 0. The van der Waals surface area contributed by atoms with Crippen molar-refractivity contribution in [1.82, 2.24) is 4.90 Å². The summed E-state index contributed by atoms with van der Waals surface area (Å²) in [7, 11) is 0. The van der Waals surface area contributed by atoms with Crippen LogP contribution in [0.3, 0.4) is 0 Å². The standard InChI is InChI=1S/C28H18ClNO4S/c29-24-14-4-2-9-20(24)17-30-26(31)25(35-28(30)33)16-18-7-5-11-21(15-18)34-27(32)23-13-6-10-19-8-1-3-12-22(19)23/h1-16H,17H2/b25-16-. The zero-order chi connectivity index (χ0) is 24.4. The molecule has 35 heavy (non-hydrogen) atoms. The van der Waals surface area contributed by atoms with Gasteiger partial charge < -0.3 is 4.74 Å². The van der Waals surface area contributed by atoms with Crippen LogP contribution in [0, 0.1) is 0 Å². The second-order valence-electron chi connectivity index (χ2n) is 7.85. The topological polar surface area (TPSA) is 63.7 Å². The van der Waals surface area contributed by atoms with Crippen molar-refractivity contribution in [3.8, 4) is 5.75 Å². The Bertz CT molecular complexity index is 1510. The number of hydrogen-bond acceptors (Lipinski definition) is 5. The van der Waals surface area contributed by atoms with Gasteiger partial charge in [-0.15, -0.1) is 0 Å². The lowest BCUT2D eigenvalue weighted by Crippen LogP contribution is -2.27. The quantitative estimate of drug-likeness (QED) is 0.169. The van der Waals surface area contributed by atoms with Gasteiger partial charge in [0.2, 0.25) is 0 Å². The van der Waals surface area contributed by atoms with E-state index in [1.165, 1.54) is 4.90 Å². The molecule has 1 aliphatic rings. The van der Waals surface area contributed by atoms with Gasteiger partial charge >= 0.3 is 5.97 Å². The molecule has 0 bridgehead atoms. The van der Waals surface area contributed by atoms with Gasteiger partial charge in [-0.05, 0) is 64.0 Å². The summed E-state index contributed by atoms with van der Waals surface area (Å²) in [5, 5.41) is 1.89. The highest BCUT2D eigenvalue weighted by Gasteiger charge is 2.35. The maximum Gasteiger partial charge on any atom is 0.344 e. The molecule has 2 amide bonds. The minimum Gasteiger partial charge on any atom is -0.423 e. The van der Waals surface area contributed by atoms with Crippen molar-refractivity contribution in [3.63, 3.8) is 0 Å². The van der Waals surface area contributed by atoms with Gasteiger partial charge in [0.05, 0.1) is 17.0 Å². The Hall–Kier alpha value is -3.87. The molecular weight excluding hydrogens is 482 g/mol. The molecule has 1 aliphatic heterocycles. The fourth-order valence-corrected chi connectivity index (χ4v) is 4.85. The average Bonchev–Trinajstić information content (AvgIpc) is 3.12. The van der Waals surface area contributed by atoms with Crippen LogP contribution in [-0.4, -0.2) is 22.0 Å². The van der Waals surface area contributed by atoms with Crippen LogP contribution in [0.4, 0.5) is 4.79 Å². The highest BCUT2D eigenvalue weighted by Crippen LogP contribution is 2.34. The second kappa shape index (κ2) is 9.78. The zero-order valence-corrected chi connectivity index (χ0v) is 19.9. The minimum absolute atomic E-state index is 0.102. The van der Waals surface area contributed by atoms with Crippen LogP contribution < -0.4 is 4.74 Å². The first kappa shape index (κ1) is 22.9. The minimum atomic E-state index is -0.473. The summed E-state index contributed by atoms with van der Waals surface area (Å²) in [5.74, 6) is -0.524. The number of thioether (sulfide) groups is 1. The number of imide groups is 1. The molecule has 0 atom stereocenters. The lowest BCUT2D eigenvalue weighted by atomic mass is 10.0. The molecule has 0 N–H and O–H groups in total. The summed E-state index contributed by atoms with van der Waals surface area (Å²) >= 11 is 7.05. The third-order valence-electron chi connectivity index (χ3n) is 5.54. The Morgan fingerprint density at radius 3 is 2.51 bits per heavy atom. The Morgan fingerprint density at radius 2 is 1.66 bits per heavy atom. The molecule has 0 aliphatic carbocycles. The molecule has 7 heteroatoms.